The maximum atomic E-state index is 12.6. The summed E-state index contributed by atoms with van der Waals surface area (Å²) in [5.74, 6) is 0.332. The van der Waals surface area contributed by atoms with Gasteiger partial charge in [-0.3, -0.25) is 9.59 Å². The molecule has 6 nitrogen and oxygen atoms in total. The van der Waals surface area contributed by atoms with Crippen LogP contribution in [0.1, 0.15) is 21.8 Å². The highest BCUT2D eigenvalue weighted by atomic mass is 32.1. The lowest BCUT2D eigenvalue weighted by Gasteiger charge is -2.40. The smallest absolute Gasteiger partial charge is 0.265 e. The van der Waals surface area contributed by atoms with E-state index in [0.29, 0.717) is 30.5 Å². The molecule has 2 atom stereocenters. The van der Waals surface area contributed by atoms with Crippen LogP contribution in [0.5, 0.6) is 0 Å². The number of thiazole rings is 1. The van der Waals surface area contributed by atoms with Gasteiger partial charge in [-0.1, -0.05) is 0 Å². The number of hydrogen-bond donors (Lipinski definition) is 0. The molecule has 7 heteroatoms. The standard InChI is InChI=1S/C14H19N3O3S/c1-9-13(21-8-15-9)14(19)17-4-3-10-6-20-7-12(18)16(2)11(10)5-17/h8,10-11H,3-7H2,1-2H3/t10-,11-/m0/s1. The summed E-state index contributed by atoms with van der Waals surface area (Å²) < 4.78 is 5.43. The maximum Gasteiger partial charge on any atom is 0.265 e. The molecule has 0 aliphatic carbocycles. The van der Waals surface area contributed by atoms with Crippen LogP contribution in [0.15, 0.2) is 5.51 Å². The number of rotatable bonds is 1. The molecule has 2 saturated heterocycles. The van der Waals surface area contributed by atoms with Crippen molar-refractivity contribution in [2.75, 3.05) is 33.4 Å². The molecule has 2 amide bonds. The molecule has 2 aliphatic rings. The van der Waals surface area contributed by atoms with E-state index in [1.807, 2.05) is 11.8 Å². The average Bonchev–Trinajstić information content (AvgIpc) is 2.86. The number of carbonyl (C=O) groups is 2. The second-order valence-electron chi connectivity index (χ2n) is 5.65. The molecule has 114 valence electrons. The topological polar surface area (TPSA) is 62.7 Å². The zero-order chi connectivity index (χ0) is 15.0. The molecule has 21 heavy (non-hydrogen) atoms. The Morgan fingerprint density at radius 1 is 1.52 bits per heavy atom. The van der Waals surface area contributed by atoms with Crippen LogP contribution >= 0.6 is 11.3 Å². The average molecular weight is 309 g/mol. The number of ether oxygens (including phenoxy) is 1. The predicted octanol–water partition coefficient (Wildman–Crippen LogP) is 0.771. The summed E-state index contributed by atoms with van der Waals surface area (Å²) in [5, 5.41) is 0. The number of likely N-dealkylation sites (N-methyl/N-ethyl adjacent to an activating group) is 1. The molecule has 3 rings (SSSR count). The number of amides is 2. The second kappa shape index (κ2) is 5.73. The molecule has 0 aromatic carbocycles. The van der Waals surface area contributed by atoms with Gasteiger partial charge in [0.25, 0.3) is 5.91 Å². The van der Waals surface area contributed by atoms with Crippen LogP contribution in [0.2, 0.25) is 0 Å². The number of carbonyl (C=O) groups excluding carboxylic acids is 2. The fourth-order valence-electron chi connectivity index (χ4n) is 3.03. The maximum absolute atomic E-state index is 12.6. The fourth-order valence-corrected chi connectivity index (χ4v) is 3.80. The highest BCUT2D eigenvalue weighted by Crippen LogP contribution is 2.26. The summed E-state index contributed by atoms with van der Waals surface area (Å²) in [5.41, 5.74) is 2.48. The Balaban J connectivity index is 1.77. The first-order chi connectivity index (χ1) is 10.1. The van der Waals surface area contributed by atoms with Gasteiger partial charge < -0.3 is 14.5 Å². The molecule has 0 N–H and O–H groups in total. The van der Waals surface area contributed by atoms with Gasteiger partial charge >= 0.3 is 0 Å². The number of likely N-dealkylation sites (tertiary alicyclic amines) is 1. The summed E-state index contributed by atoms with van der Waals surface area (Å²) in [7, 11) is 1.81. The SMILES string of the molecule is Cc1ncsc1C(=O)N1CC[C@H]2COCC(=O)N(C)[C@H]2C1. The molecule has 3 heterocycles. The molecule has 0 bridgehead atoms. The molecule has 0 saturated carbocycles. The Morgan fingerprint density at radius 3 is 3.05 bits per heavy atom. The number of aromatic nitrogens is 1. The third-order valence-electron chi connectivity index (χ3n) is 4.40. The van der Waals surface area contributed by atoms with Gasteiger partial charge in [0.1, 0.15) is 11.5 Å². The fraction of sp³-hybridized carbons (Fsp3) is 0.643. The summed E-state index contributed by atoms with van der Waals surface area (Å²) >= 11 is 1.38. The zero-order valence-corrected chi connectivity index (χ0v) is 13.1. The van der Waals surface area contributed by atoms with Crippen molar-refractivity contribution >= 4 is 23.2 Å². The van der Waals surface area contributed by atoms with Crippen molar-refractivity contribution in [2.24, 2.45) is 5.92 Å². The molecule has 1 aromatic rings. The first-order valence-corrected chi connectivity index (χ1v) is 7.98. The third kappa shape index (κ3) is 2.67. The number of piperidine rings is 1. The van der Waals surface area contributed by atoms with Crippen LogP contribution in [0.25, 0.3) is 0 Å². The van der Waals surface area contributed by atoms with Crippen LogP contribution in [0, 0.1) is 12.8 Å². The minimum absolute atomic E-state index is 0.00855. The van der Waals surface area contributed by atoms with Crippen molar-refractivity contribution in [3.8, 4) is 0 Å². The summed E-state index contributed by atoms with van der Waals surface area (Å²) in [6, 6.07) is 0.0472. The van der Waals surface area contributed by atoms with Crippen LogP contribution in [-0.2, 0) is 9.53 Å². The van der Waals surface area contributed by atoms with E-state index in [1.54, 1.807) is 17.5 Å². The Labute approximate surface area is 127 Å². The Morgan fingerprint density at radius 2 is 2.33 bits per heavy atom. The van der Waals surface area contributed by atoms with Gasteiger partial charge in [-0.25, -0.2) is 4.98 Å². The monoisotopic (exact) mass is 309 g/mol. The van der Waals surface area contributed by atoms with E-state index in [4.69, 9.17) is 4.74 Å². The Bertz CT molecular complexity index is 559. The lowest BCUT2D eigenvalue weighted by Crippen LogP contribution is -2.54. The molecule has 0 unspecified atom stereocenters. The largest absolute Gasteiger partial charge is 0.371 e. The lowest BCUT2D eigenvalue weighted by atomic mass is 9.91. The van der Waals surface area contributed by atoms with Gasteiger partial charge in [0.05, 0.1) is 23.9 Å². The minimum atomic E-state index is -0.00855. The van der Waals surface area contributed by atoms with E-state index in [2.05, 4.69) is 4.98 Å². The van der Waals surface area contributed by atoms with Crippen molar-refractivity contribution < 1.29 is 14.3 Å². The first-order valence-electron chi connectivity index (χ1n) is 7.10. The van der Waals surface area contributed by atoms with Crippen LogP contribution in [0.3, 0.4) is 0 Å². The molecular weight excluding hydrogens is 290 g/mol. The summed E-state index contributed by atoms with van der Waals surface area (Å²) in [6.07, 6.45) is 0.867. The van der Waals surface area contributed by atoms with Crippen molar-refractivity contribution in [3.63, 3.8) is 0 Å². The van der Waals surface area contributed by atoms with E-state index in [0.717, 1.165) is 12.1 Å². The highest BCUT2D eigenvalue weighted by molar-refractivity contribution is 7.11. The Hall–Kier alpha value is -1.47. The molecule has 2 aliphatic heterocycles. The summed E-state index contributed by atoms with van der Waals surface area (Å²) in [6.45, 7) is 3.88. The van der Waals surface area contributed by atoms with Gasteiger partial charge in [-0.05, 0) is 13.3 Å². The normalized spacial score (nSPS) is 26.5. The zero-order valence-electron chi connectivity index (χ0n) is 12.2. The van der Waals surface area contributed by atoms with Crippen molar-refractivity contribution in [1.29, 1.82) is 0 Å². The van der Waals surface area contributed by atoms with Crippen molar-refractivity contribution in [1.82, 2.24) is 14.8 Å². The van der Waals surface area contributed by atoms with E-state index in [9.17, 15) is 9.59 Å². The van der Waals surface area contributed by atoms with E-state index in [1.165, 1.54) is 11.3 Å². The summed E-state index contributed by atoms with van der Waals surface area (Å²) in [4.78, 5) is 32.9. The van der Waals surface area contributed by atoms with Crippen LogP contribution < -0.4 is 0 Å². The molecular formula is C14H19N3O3S. The first kappa shape index (κ1) is 14.5. The third-order valence-corrected chi connectivity index (χ3v) is 5.31. The molecule has 0 spiro atoms. The van der Waals surface area contributed by atoms with Crippen molar-refractivity contribution in [2.45, 2.75) is 19.4 Å². The number of nitrogens with zero attached hydrogens (tertiary/aromatic N) is 3. The Kier molecular flexibility index (Phi) is 3.95. The predicted molar refractivity (Wildman–Crippen MR) is 78.2 cm³/mol. The molecule has 2 fully saturated rings. The van der Waals surface area contributed by atoms with Gasteiger partial charge in [0.15, 0.2) is 0 Å². The van der Waals surface area contributed by atoms with Gasteiger partial charge in [0, 0.05) is 26.1 Å². The van der Waals surface area contributed by atoms with Crippen LogP contribution in [0.4, 0.5) is 0 Å². The van der Waals surface area contributed by atoms with E-state index in [-0.39, 0.29) is 24.5 Å². The quantitative estimate of drug-likeness (QED) is 0.769. The number of fused-ring (bicyclic) bond motifs is 1. The second-order valence-corrected chi connectivity index (χ2v) is 6.51. The minimum Gasteiger partial charge on any atom is -0.371 e. The van der Waals surface area contributed by atoms with Crippen LogP contribution in [-0.4, -0.2) is 66.0 Å². The van der Waals surface area contributed by atoms with Gasteiger partial charge in [-0.15, -0.1) is 11.3 Å². The number of hydrogen-bond acceptors (Lipinski definition) is 5. The molecule has 1 aromatic heterocycles. The number of aryl methyl sites for hydroxylation is 1. The van der Waals surface area contributed by atoms with Gasteiger partial charge in [0.2, 0.25) is 5.91 Å². The lowest BCUT2D eigenvalue weighted by molar-refractivity contribution is -0.134. The highest BCUT2D eigenvalue weighted by Gasteiger charge is 2.38. The van der Waals surface area contributed by atoms with Gasteiger partial charge in [-0.2, -0.15) is 0 Å². The van der Waals surface area contributed by atoms with E-state index < -0.39 is 0 Å². The van der Waals surface area contributed by atoms with E-state index >= 15 is 0 Å². The molecule has 0 radical (unpaired) electrons. The van der Waals surface area contributed by atoms with Crippen molar-refractivity contribution in [3.05, 3.63) is 16.1 Å².